The van der Waals surface area contributed by atoms with Gasteiger partial charge in [-0.15, -0.1) is 0 Å². The molecule has 3 N–H and O–H groups in total. The summed E-state index contributed by atoms with van der Waals surface area (Å²) in [6, 6.07) is 3.77. The van der Waals surface area contributed by atoms with Crippen molar-refractivity contribution in [1.29, 1.82) is 0 Å². The second kappa shape index (κ2) is 5.14. The van der Waals surface area contributed by atoms with Gasteiger partial charge in [0.2, 0.25) is 10.0 Å². The van der Waals surface area contributed by atoms with Crippen LogP contribution in [0.25, 0.3) is 0 Å². The number of halogens is 1. The molecule has 1 aromatic carbocycles. The van der Waals surface area contributed by atoms with Gasteiger partial charge in [0.05, 0.1) is 16.8 Å². The van der Waals surface area contributed by atoms with Gasteiger partial charge in [-0.05, 0) is 12.1 Å². The van der Waals surface area contributed by atoms with Crippen LogP contribution in [0.4, 0.5) is 0 Å². The van der Waals surface area contributed by atoms with E-state index >= 15 is 0 Å². The van der Waals surface area contributed by atoms with E-state index in [1.165, 1.54) is 12.1 Å². The number of aliphatic hydroxyl groups excluding tert-OH is 1. The molecule has 0 aromatic heterocycles. The van der Waals surface area contributed by atoms with E-state index in [1.807, 2.05) is 0 Å². The Labute approximate surface area is 110 Å². The van der Waals surface area contributed by atoms with Gasteiger partial charge in [-0.2, -0.15) is 0 Å². The summed E-state index contributed by atoms with van der Waals surface area (Å²) in [6.45, 7) is 0. The second-order valence-corrected chi connectivity index (χ2v) is 7.88. The Kier molecular flexibility index (Phi) is 4.39. The van der Waals surface area contributed by atoms with Crippen molar-refractivity contribution in [3.8, 4) is 0 Å². The molecule has 1 unspecified atom stereocenters. The second-order valence-electron chi connectivity index (χ2n) is 3.80. The third-order valence-corrected chi connectivity index (χ3v) is 4.29. The van der Waals surface area contributed by atoms with Crippen molar-refractivity contribution in [1.82, 2.24) is 0 Å². The van der Waals surface area contributed by atoms with Gasteiger partial charge >= 0.3 is 0 Å². The highest BCUT2D eigenvalue weighted by Gasteiger charge is 2.22. The molecule has 0 amide bonds. The molecule has 0 heterocycles. The number of rotatable bonds is 4. The Morgan fingerprint density at radius 2 is 1.89 bits per heavy atom. The Balaban J connectivity index is 3.33. The van der Waals surface area contributed by atoms with E-state index in [-0.39, 0.29) is 15.5 Å². The fraction of sp³-hybridized carbons (Fsp3) is 0.333. The summed E-state index contributed by atoms with van der Waals surface area (Å²) in [6.07, 6.45) is -0.590. The van der Waals surface area contributed by atoms with E-state index in [4.69, 9.17) is 16.7 Å². The molecule has 0 spiro atoms. The Hall–Kier alpha value is -0.670. The van der Waals surface area contributed by atoms with Crippen LogP contribution in [0.1, 0.15) is 11.7 Å². The van der Waals surface area contributed by atoms with Crippen molar-refractivity contribution in [3.63, 3.8) is 0 Å². The molecule has 0 aliphatic rings. The fourth-order valence-electron chi connectivity index (χ4n) is 1.41. The van der Waals surface area contributed by atoms with E-state index in [9.17, 15) is 21.9 Å². The van der Waals surface area contributed by atoms with Crippen LogP contribution in [-0.2, 0) is 19.9 Å². The summed E-state index contributed by atoms with van der Waals surface area (Å²) in [4.78, 5) is -0.217. The van der Waals surface area contributed by atoms with Crippen molar-refractivity contribution in [2.75, 3.05) is 12.0 Å². The van der Waals surface area contributed by atoms with Crippen molar-refractivity contribution < 1.29 is 21.9 Å². The van der Waals surface area contributed by atoms with E-state index < -0.39 is 31.7 Å². The van der Waals surface area contributed by atoms with Crippen LogP contribution in [-0.4, -0.2) is 34.0 Å². The molecule has 0 aliphatic heterocycles. The van der Waals surface area contributed by atoms with Crippen LogP contribution in [0.5, 0.6) is 0 Å². The van der Waals surface area contributed by atoms with E-state index in [0.29, 0.717) is 0 Å². The summed E-state index contributed by atoms with van der Waals surface area (Å²) in [5, 5.41) is 14.7. The number of hydrogen-bond acceptors (Lipinski definition) is 5. The number of aliphatic hydroxyl groups is 1. The van der Waals surface area contributed by atoms with E-state index in [0.717, 1.165) is 12.3 Å². The predicted molar refractivity (Wildman–Crippen MR) is 67.5 cm³/mol. The van der Waals surface area contributed by atoms with Crippen LogP contribution in [0.3, 0.4) is 0 Å². The van der Waals surface area contributed by atoms with Gasteiger partial charge in [0.25, 0.3) is 0 Å². The molecule has 0 saturated carbocycles. The van der Waals surface area contributed by atoms with E-state index in [1.54, 1.807) is 0 Å². The highest BCUT2D eigenvalue weighted by Crippen LogP contribution is 2.26. The minimum Gasteiger partial charge on any atom is -0.387 e. The highest BCUT2D eigenvalue weighted by atomic mass is 35.5. The average Bonchev–Trinajstić information content (AvgIpc) is 2.13. The lowest BCUT2D eigenvalue weighted by Crippen LogP contribution is -2.22. The number of sulfonamides is 1. The number of benzene rings is 1. The fourth-order valence-corrected chi connectivity index (χ4v) is 3.24. The molecule has 102 valence electrons. The van der Waals surface area contributed by atoms with Gasteiger partial charge in [-0.3, -0.25) is 0 Å². The number of primary sulfonamides is 1. The zero-order chi connectivity index (χ0) is 14.1. The third kappa shape index (κ3) is 4.21. The monoisotopic (exact) mass is 313 g/mol. The quantitative estimate of drug-likeness (QED) is 0.816. The van der Waals surface area contributed by atoms with Gasteiger partial charge < -0.3 is 5.11 Å². The molecule has 1 rings (SSSR count). The van der Waals surface area contributed by atoms with E-state index in [2.05, 4.69) is 0 Å². The normalized spacial score (nSPS) is 14.4. The highest BCUT2D eigenvalue weighted by molar-refractivity contribution is 7.90. The molecule has 0 saturated heterocycles. The first-order chi connectivity index (χ1) is 8.00. The molecule has 0 radical (unpaired) electrons. The molecule has 1 atom stereocenters. The summed E-state index contributed by atoms with van der Waals surface area (Å²) in [5.74, 6) is -0.767. The predicted octanol–water partition coefficient (Wildman–Crippen LogP) is 0.0654. The zero-order valence-corrected chi connectivity index (χ0v) is 11.8. The minimum atomic E-state index is -3.92. The topological polar surface area (TPSA) is 115 Å². The maximum absolute atomic E-state index is 11.5. The van der Waals surface area contributed by atoms with Crippen LogP contribution in [0, 0.1) is 0 Å². The van der Waals surface area contributed by atoms with Gasteiger partial charge in [-0.1, -0.05) is 17.7 Å². The molecule has 1 aromatic rings. The molecular weight excluding hydrogens is 302 g/mol. The number of sulfone groups is 1. The molecule has 0 bridgehead atoms. The van der Waals surface area contributed by atoms with Crippen LogP contribution in [0.2, 0.25) is 5.02 Å². The minimum absolute atomic E-state index is 0.0454. The average molecular weight is 314 g/mol. The Bertz CT molecular complexity index is 654. The summed E-state index contributed by atoms with van der Waals surface area (Å²) in [7, 11) is -7.56. The first-order valence-electron chi connectivity index (χ1n) is 4.69. The number of nitrogens with two attached hydrogens (primary N) is 1. The molecule has 0 fully saturated rings. The van der Waals surface area contributed by atoms with Crippen molar-refractivity contribution in [3.05, 3.63) is 28.8 Å². The zero-order valence-electron chi connectivity index (χ0n) is 9.37. The smallest absolute Gasteiger partial charge is 0.211 e. The summed E-state index contributed by atoms with van der Waals surface area (Å²) in [5.41, 5.74) is -0.0454. The molecular formula is C9H12ClNO5S2. The molecule has 6 nitrogen and oxygen atoms in total. The van der Waals surface area contributed by atoms with Crippen LogP contribution < -0.4 is 5.14 Å². The summed E-state index contributed by atoms with van der Waals surface area (Å²) < 4.78 is 44.8. The van der Waals surface area contributed by atoms with Crippen molar-refractivity contribution >= 4 is 31.5 Å². The van der Waals surface area contributed by atoms with Gasteiger partial charge in [0.1, 0.15) is 0 Å². The molecule has 0 aliphatic carbocycles. The maximum atomic E-state index is 11.5. The standard InChI is InChI=1S/C9H12ClNO5S2/c1-17(13,14)9-4-6(10)2-3-7(9)8(12)5-18(11,15)16/h2-4,8,12H,5H2,1H3,(H2,11,15,16). The first kappa shape index (κ1) is 15.4. The van der Waals surface area contributed by atoms with Gasteiger partial charge in [0.15, 0.2) is 9.84 Å². The van der Waals surface area contributed by atoms with Crippen LogP contribution in [0.15, 0.2) is 23.1 Å². The lowest BCUT2D eigenvalue weighted by molar-refractivity contribution is 0.198. The van der Waals surface area contributed by atoms with Crippen LogP contribution >= 0.6 is 11.6 Å². The molecule has 9 heteroatoms. The molecule has 18 heavy (non-hydrogen) atoms. The lowest BCUT2D eigenvalue weighted by Gasteiger charge is -2.14. The largest absolute Gasteiger partial charge is 0.387 e. The van der Waals surface area contributed by atoms with Crippen molar-refractivity contribution in [2.24, 2.45) is 5.14 Å². The Morgan fingerprint density at radius 3 is 2.33 bits per heavy atom. The number of hydrogen-bond donors (Lipinski definition) is 2. The third-order valence-electron chi connectivity index (χ3n) is 2.12. The van der Waals surface area contributed by atoms with Gasteiger partial charge in [0, 0.05) is 16.8 Å². The maximum Gasteiger partial charge on any atom is 0.211 e. The first-order valence-corrected chi connectivity index (χ1v) is 8.67. The Morgan fingerprint density at radius 1 is 1.33 bits per heavy atom. The van der Waals surface area contributed by atoms with Crippen molar-refractivity contribution in [2.45, 2.75) is 11.0 Å². The summed E-state index contributed by atoms with van der Waals surface area (Å²) >= 11 is 5.67. The lowest BCUT2D eigenvalue weighted by atomic mass is 10.1. The van der Waals surface area contributed by atoms with Gasteiger partial charge in [-0.25, -0.2) is 22.0 Å². The SMILES string of the molecule is CS(=O)(=O)c1cc(Cl)ccc1C(O)CS(N)(=O)=O.